The van der Waals surface area contributed by atoms with Gasteiger partial charge in [0.05, 0.1) is 24.8 Å². The van der Waals surface area contributed by atoms with Gasteiger partial charge in [-0.1, -0.05) is 6.07 Å². The predicted molar refractivity (Wildman–Crippen MR) is 75.3 cm³/mol. The van der Waals surface area contributed by atoms with Crippen molar-refractivity contribution in [1.82, 2.24) is 10.2 Å². The van der Waals surface area contributed by atoms with Gasteiger partial charge in [0.15, 0.2) is 0 Å². The zero-order valence-electron chi connectivity index (χ0n) is 12.3. The maximum atomic E-state index is 11.9. The van der Waals surface area contributed by atoms with Crippen LogP contribution in [0.5, 0.6) is 5.75 Å². The molecule has 2 amide bonds. The number of carbonyl (C=O) groups excluding carboxylic acids is 2. The number of benzene rings is 1. The van der Waals surface area contributed by atoms with E-state index in [0.717, 1.165) is 5.56 Å². The summed E-state index contributed by atoms with van der Waals surface area (Å²) in [6.45, 7) is 4.13. The molecular weight excluding hydrogens is 270 g/mol. The quantitative estimate of drug-likeness (QED) is 0.832. The molecule has 0 radical (unpaired) electrons. The molecule has 1 saturated heterocycles. The highest BCUT2D eigenvalue weighted by molar-refractivity contribution is 6.02. The lowest BCUT2D eigenvalue weighted by molar-refractivity contribution is -0.145. The highest BCUT2D eigenvalue weighted by Crippen LogP contribution is 2.24. The maximum Gasteiger partial charge on any atom is 0.246 e. The maximum absolute atomic E-state index is 11.9. The van der Waals surface area contributed by atoms with Gasteiger partial charge in [-0.05, 0) is 31.5 Å². The summed E-state index contributed by atoms with van der Waals surface area (Å²) in [5.41, 5.74) is 0.559. The minimum absolute atomic E-state index is 0.154. The fourth-order valence-electron chi connectivity index (χ4n) is 2.23. The minimum Gasteiger partial charge on any atom is -0.495 e. The summed E-state index contributed by atoms with van der Waals surface area (Å²) in [4.78, 5) is 25.3. The molecule has 6 heteroatoms. The molecule has 1 aromatic rings. The Bertz CT molecular complexity index is 632. The Balaban J connectivity index is 2.26. The molecule has 0 aromatic heterocycles. The number of hydrogen-bond acceptors (Lipinski definition) is 5. The SMILES string of the molecule is COc1cc(CN2CC(=O)NC(=O)C2(C)C)ccc1C#N. The van der Waals surface area contributed by atoms with E-state index in [1.807, 2.05) is 0 Å². The number of nitriles is 1. The molecule has 110 valence electrons. The van der Waals surface area contributed by atoms with Crippen molar-refractivity contribution >= 4 is 11.8 Å². The molecule has 0 atom stereocenters. The van der Waals surface area contributed by atoms with E-state index in [2.05, 4.69) is 11.4 Å². The molecule has 1 aromatic carbocycles. The van der Waals surface area contributed by atoms with Crippen LogP contribution in [0, 0.1) is 11.3 Å². The molecule has 1 aliphatic heterocycles. The third-order valence-corrected chi connectivity index (χ3v) is 3.69. The topological polar surface area (TPSA) is 82.4 Å². The lowest BCUT2D eigenvalue weighted by Gasteiger charge is -2.40. The molecule has 0 aliphatic carbocycles. The smallest absolute Gasteiger partial charge is 0.246 e. The number of methoxy groups -OCH3 is 1. The van der Waals surface area contributed by atoms with E-state index in [0.29, 0.717) is 17.9 Å². The van der Waals surface area contributed by atoms with Gasteiger partial charge < -0.3 is 4.74 Å². The van der Waals surface area contributed by atoms with E-state index in [-0.39, 0.29) is 18.4 Å². The highest BCUT2D eigenvalue weighted by atomic mass is 16.5. The largest absolute Gasteiger partial charge is 0.495 e. The van der Waals surface area contributed by atoms with Crippen LogP contribution in [-0.4, -0.2) is 35.9 Å². The van der Waals surface area contributed by atoms with Crippen LogP contribution in [0.25, 0.3) is 0 Å². The van der Waals surface area contributed by atoms with Crippen molar-refractivity contribution in [2.75, 3.05) is 13.7 Å². The van der Waals surface area contributed by atoms with E-state index in [4.69, 9.17) is 10.00 Å². The van der Waals surface area contributed by atoms with Gasteiger partial charge in [0.1, 0.15) is 11.8 Å². The monoisotopic (exact) mass is 287 g/mol. The molecule has 1 N–H and O–H groups in total. The summed E-state index contributed by atoms with van der Waals surface area (Å²) in [6, 6.07) is 7.28. The fraction of sp³-hybridized carbons (Fsp3) is 0.400. The van der Waals surface area contributed by atoms with E-state index < -0.39 is 5.54 Å². The van der Waals surface area contributed by atoms with Gasteiger partial charge in [0.25, 0.3) is 0 Å². The van der Waals surface area contributed by atoms with Gasteiger partial charge >= 0.3 is 0 Å². The lowest BCUT2D eigenvalue weighted by atomic mass is 9.97. The number of hydrogen-bond donors (Lipinski definition) is 1. The highest BCUT2D eigenvalue weighted by Gasteiger charge is 2.40. The first-order valence-electron chi connectivity index (χ1n) is 6.55. The zero-order valence-corrected chi connectivity index (χ0v) is 12.3. The van der Waals surface area contributed by atoms with E-state index in [1.54, 1.807) is 36.9 Å². The molecule has 1 heterocycles. The molecule has 1 aliphatic rings. The van der Waals surface area contributed by atoms with Crippen LogP contribution in [-0.2, 0) is 16.1 Å². The number of nitrogens with one attached hydrogen (secondary N) is 1. The Morgan fingerprint density at radius 2 is 2.14 bits per heavy atom. The van der Waals surface area contributed by atoms with Crippen molar-refractivity contribution < 1.29 is 14.3 Å². The third kappa shape index (κ3) is 2.88. The molecule has 6 nitrogen and oxygen atoms in total. The number of piperazine rings is 1. The average Bonchev–Trinajstić information content (AvgIpc) is 2.44. The summed E-state index contributed by atoms with van der Waals surface area (Å²) in [7, 11) is 1.50. The van der Waals surface area contributed by atoms with Crippen molar-refractivity contribution in [3.05, 3.63) is 29.3 Å². The van der Waals surface area contributed by atoms with Crippen molar-refractivity contribution in [2.24, 2.45) is 0 Å². The van der Waals surface area contributed by atoms with Crippen LogP contribution < -0.4 is 10.1 Å². The van der Waals surface area contributed by atoms with Crippen LogP contribution in [0.4, 0.5) is 0 Å². The molecule has 0 bridgehead atoms. The minimum atomic E-state index is -0.769. The Hall–Kier alpha value is -2.39. The second-order valence-corrected chi connectivity index (χ2v) is 5.44. The standard InChI is InChI=1S/C15H17N3O3/c1-15(2)14(20)17-13(19)9-18(15)8-10-4-5-11(7-16)12(6-10)21-3/h4-6H,8-9H2,1-3H3,(H,17,19,20). The third-order valence-electron chi connectivity index (χ3n) is 3.69. The molecule has 0 unspecified atom stereocenters. The summed E-state index contributed by atoms with van der Waals surface area (Å²) in [5, 5.41) is 11.3. The molecule has 2 rings (SSSR count). The summed E-state index contributed by atoms with van der Waals surface area (Å²) >= 11 is 0. The second kappa shape index (κ2) is 5.54. The first kappa shape index (κ1) is 15.0. The first-order valence-corrected chi connectivity index (χ1v) is 6.55. The van der Waals surface area contributed by atoms with Crippen LogP contribution in [0.15, 0.2) is 18.2 Å². The van der Waals surface area contributed by atoms with Gasteiger partial charge in [-0.2, -0.15) is 5.26 Å². The lowest BCUT2D eigenvalue weighted by Crippen LogP contribution is -2.63. The average molecular weight is 287 g/mol. The van der Waals surface area contributed by atoms with Crippen molar-refractivity contribution in [3.8, 4) is 11.8 Å². The molecule has 0 spiro atoms. The second-order valence-electron chi connectivity index (χ2n) is 5.44. The summed E-state index contributed by atoms with van der Waals surface area (Å²) in [6.07, 6.45) is 0. The summed E-state index contributed by atoms with van der Waals surface area (Å²) in [5.74, 6) is -0.125. The number of nitrogens with zero attached hydrogens (tertiary/aromatic N) is 2. The first-order chi connectivity index (χ1) is 9.88. The van der Waals surface area contributed by atoms with Crippen LogP contribution in [0.3, 0.4) is 0 Å². The van der Waals surface area contributed by atoms with Gasteiger partial charge in [0.2, 0.25) is 11.8 Å². The number of imide groups is 1. The van der Waals surface area contributed by atoms with E-state index in [1.165, 1.54) is 7.11 Å². The Morgan fingerprint density at radius 1 is 1.43 bits per heavy atom. The van der Waals surface area contributed by atoms with Gasteiger partial charge in [-0.25, -0.2) is 0 Å². The predicted octanol–water partition coefficient (Wildman–Crippen LogP) is 0.804. The molecule has 21 heavy (non-hydrogen) atoms. The number of ether oxygens (including phenoxy) is 1. The Kier molecular flexibility index (Phi) is 3.96. The van der Waals surface area contributed by atoms with Gasteiger partial charge in [-0.15, -0.1) is 0 Å². The van der Waals surface area contributed by atoms with Crippen LogP contribution in [0.2, 0.25) is 0 Å². The van der Waals surface area contributed by atoms with E-state index >= 15 is 0 Å². The van der Waals surface area contributed by atoms with Gasteiger partial charge in [0, 0.05) is 6.54 Å². The summed E-state index contributed by atoms with van der Waals surface area (Å²) < 4.78 is 5.17. The van der Waals surface area contributed by atoms with Crippen LogP contribution in [0.1, 0.15) is 25.0 Å². The Labute approximate surface area is 123 Å². The number of carbonyl (C=O) groups is 2. The molecule has 1 fully saturated rings. The fourth-order valence-corrected chi connectivity index (χ4v) is 2.23. The van der Waals surface area contributed by atoms with E-state index in [9.17, 15) is 9.59 Å². The van der Waals surface area contributed by atoms with Crippen molar-refractivity contribution in [2.45, 2.75) is 25.9 Å². The molecule has 0 saturated carbocycles. The van der Waals surface area contributed by atoms with Gasteiger partial charge in [-0.3, -0.25) is 19.8 Å². The van der Waals surface area contributed by atoms with Crippen LogP contribution >= 0.6 is 0 Å². The number of rotatable bonds is 3. The van der Waals surface area contributed by atoms with Crippen molar-refractivity contribution in [1.29, 1.82) is 5.26 Å². The zero-order chi connectivity index (χ0) is 15.6. The number of amides is 2. The normalized spacial score (nSPS) is 18.0. The molecular formula is C15H17N3O3. The van der Waals surface area contributed by atoms with Crippen molar-refractivity contribution in [3.63, 3.8) is 0 Å². The Morgan fingerprint density at radius 3 is 2.76 bits per heavy atom.